The van der Waals surface area contributed by atoms with Crippen molar-refractivity contribution in [1.29, 1.82) is 0 Å². The van der Waals surface area contributed by atoms with Gasteiger partial charge in [-0.25, -0.2) is 0 Å². The van der Waals surface area contributed by atoms with Crippen LogP contribution in [0, 0.1) is 0 Å². The second kappa shape index (κ2) is 6.69. The number of hydrogen-bond donors (Lipinski definition) is 1. The number of alkyl halides is 3. The van der Waals surface area contributed by atoms with Crippen molar-refractivity contribution >= 4 is 5.91 Å². The molecular weight excluding hydrogens is 293 g/mol. The van der Waals surface area contributed by atoms with Gasteiger partial charge in [0.1, 0.15) is 0 Å². The number of carbonyl (C=O) groups excluding carboxylic acids is 1. The molecule has 1 amide bonds. The smallest absolute Gasteiger partial charge is 0.348 e. The van der Waals surface area contributed by atoms with Crippen LogP contribution >= 0.6 is 0 Å². The zero-order valence-corrected chi connectivity index (χ0v) is 12.8. The van der Waals surface area contributed by atoms with Crippen LogP contribution in [-0.4, -0.2) is 37.0 Å². The van der Waals surface area contributed by atoms with E-state index in [1.807, 2.05) is 14.1 Å². The quantitative estimate of drug-likeness (QED) is 0.928. The van der Waals surface area contributed by atoms with E-state index in [0.717, 1.165) is 37.8 Å². The molecule has 0 saturated heterocycles. The summed E-state index contributed by atoms with van der Waals surface area (Å²) >= 11 is 0. The molecule has 1 fully saturated rings. The number of carbonyl (C=O) groups is 1. The van der Waals surface area contributed by atoms with Crippen molar-refractivity contribution in [2.45, 2.75) is 43.9 Å². The molecule has 2 atom stereocenters. The molecule has 0 bridgehead atoms. The fraction of sp³-hybridized carbons (Fsp3) is 0.562. The third kappa shape index (κ3) is 4.00. The van der Waals surface area contributed by atoms with Gasteiger partial charge in [-0.1, -0.05) is 18.9 Å². The van der Waals surface area contributed by atoms with E-state index in [1.54, 1.807) is 0 Å². The first kappa shape index (κ1) is 16.8. The Hall–Kier alpha value is -1.56. The summed E-state index contributed by atoms with van der Waals surface area (Å²) in [4.78, 5) is 14.3. The lowest BCUT2D eigenvalue weighted by molar-refractivity contribution is -0.137. The average Bonchev–Trinajstić information content (AvgIpc) is 2.47. The minimum absolute atomic E-state index is 0.0224. The number of hydrogen-bond acceptors (Lipinski definition) is 2. The molecule has 0 radical (unpaired) electrons. The first-order valence-corrected chi connectivity index (χ1v) is 7.43. The number of halogens is 3. The Morgan fingerprint density at radius 2 is 1.91 bits per heavy atom. The monoisotopic (exact) mass is 314 g/mol. The van der Waals surface area contributed by atoms with Gasteiger partial charge in [-0.2, -0.15) is 13.2 Å². The van der Waals surface area contributed by atoms with Crippen LogP contribution in [0.1, 0.15) is 41.6 Å². The molecule has 1 aliphatic rings. The van der Waals surface area contributed by atoms with Crippen molar-refractivity contribution in [3.05, 3.63) is 35.4 Å². The predicted molar refractivity (Wildman–Crippen MR) is 78.6 cm³/mol. The third-order valence-electron chi connectivity index (χ3n) is 4.16. The SMILES string of the molecule is CN(C)[C@@H]1CCCC[C@H]1NC(=O)c1cccc(C(F)(F)F)c1. The molecule has 122 valence electrons. The molecule has 6 heteroatoms. The van der Waals surface area contributed by atoms with Crippen LogP contribution in [0.3, 0.4) is 0 Å². The van der Waals surface area contributed by atoms with Crippen LogP contribution in [0.5, 0.6) is 0 Å². The molecule has 0 aromatic heterocycles. The van der Waals surface area contributed by atoms with Gasteiger partial charge in [-0.3, -0.25) is 4.79 Å². The number of rotatable bonds is 3. The maximum atomic E-state index is 12.7. The average molecular weight is 314 g/mol. The second-order valence-electron chi connectivity index (χ2n) is 5.97. The topological polar surface area (TPSA) is 32.3 Å². The molecular formula is C16H21F3N2O. The Bertz CT molecular complexity index is 528. The van der Waals surface area contributed by atoms with Crippen molar-refractivity contribution < 1.29 is 18.0 Å². The lowest BCUT2D eigenvalue weighted by Crippen LogP contribution is -2.51. The Balaban J connectivity index is 2.11. The summed E-state index contributed by atoms with van der Waals surface area (Å²) < 4.78 is 38.2. The molecule has 1 saturated carbocycles. The van der Waals surface area contributed by atoms with E-state index in [1.165, 1.54) is 12.1 Å². The van der Waals surface area contributed by atoms with Gasteiger partial charge in [0.2, 0.25) is 0 Å². The van der Waals surface area contributed by atoms with Crippen LogP contribution in [0.25, 0.3) is 0 Å². The lowest BCUT2D eigenvalue weighted by Gasteiger charge is -2.36. The van der Waals surface area contributed by atoms with Gasteiger partial charge in [0.15, 0.2) is 0 Å². The first-order valence-electron chi connectivity index (χ1n) is 7.43. The van der Waals surface area contributed by atoms with Crippen LogP contribution in [0.15, 0.2) is 24.3 Å². The fourth-order valence-corrected chi connectivity index (χ4v) is 2.99. The highest BCUT2D eigenvalue weighted by Gasteiger charge is 2.32. The molecule has 1 aliphatic carbocycles. The van der Waals surface area contributed by atoms with Gasteiger partial charge < -0.3 is 10.2 Å². The van der Waals surface area contributed by atoms with Gasteiger partial charge in [0.05, 0.1) is 5.56 Å². The minimum Gasteiger partial charge on any atom is -0.348 e. The number of benzene rings is 1. The molecule has 2 rings (SSSR count). The summed E-state index contributed by atoms with van der Waals surface area (Å²) in [5.74, 6) is -0.440. The van der Waals surface area contributed by atoms with E-state index in [0.29, 0.717) is 0 Å². The second-order valence-corrected chi connectivity index (χ2v) is 5.97. The number of amides is 1. The standard InChI is InChI=1S/C16H21F3N2O/c1-21(2)14-9-4-3-8-13(14)20-15(22)11-6-5-7-12(10-11)16(17,18)19/h5-7,10,13-14H,3-4,8-9H2,1-2H3,(H,20,22)/t13-,14-/m1/s1. The summed E-state index contributed by atoms with van der Waals surface area (Å²) in [5.41, 5.74) is -0.745. The largest absolute Gasteiger partial charge is 0.416 e. The highest BCUT2D eigenvalue weighted by Crippen LogP contribution is 2.29. The van der Waals surface area contributed by atoms with Crippen LogP contribution in [0.2, 0.25) is 0 Å². The molecule has 0 aliphatic heterocycles. The van der Waals surface area contributed by atoms with Gasteiger partial charge in [0.25, 0.3) is 5.91 Å². The summed E-state index contributed by atoms with van der Waals surface area (Å²) in [5, 5.41) is 2.90. The highest BCUT2D eigenvalue weighted by molar-refractivity contribution is 5.94. The zero-order valence-electron chi connectivity index (χ0n) is 12.8. The van der Waals surface area contributed by atoms with Gasteiger partial charge >= 0.3 is 6.18 Å². The number of likely N-dealkylation sites (N-methyl/N-ethyl adjacent to an activating group) is 1. The maximum Gasteiger partial charge on any atom is 0.416 e. The summed E-state index contributed by atoms with van der Waals surface area (Å²) in [6, 6.07) is 4.76. The Kier molecular flexibility index (Phi) is 5.11. The van der Waals surface area contributed by atoms with Crippen molar-refractivity contribution in [2.24, 2.45) is 0 Å². The summed E-state index contributed by atoms with van der Waals surface area (Å²) in [7, 11) is 3.92. The van der Waals surface area contributed by atoms with E-state index < -0.39 is 17.6 Å². The third-order valence-corrected chi connectivity index (χ3v) is 4.16. The van der Waals surface area contributed by atoms with E-state index in [2.05, 4.69) is 10.2 Å². The van der Waals surface area contributed by atoms with Gasteiger partial charge in [-0.15, -0.1) is 0 Å². The van der Waals surface area contributed by atoms with Gasteiger partial charge in [0, 0.05) is 17.6 Å². The van der Waals surface area contributed by atoms with Crippen molar-refractivity contribution in [3.8, 4) is 0 Å². The lowest BCUT2D eigenvalue weighted by atomic mass is 9.89. The van der Waals surface area contributed by atoms with E-state index in [4.69, 9.17) is 0 Å². The van der Waals surface area contributed by atoms with E-state index in [9.17, 15) is 18.0 Å². The predicted octanol–water partition coefficient (Wildman–Crippen LogP) is 3.31. The minimum atomic E-state index is -4.44. The Morgan fingerprint density at radius 1 is 1.23 bits per heavy atom. The van der Waals surface area contributed by atoms with Crippen LogP contribution in [-0.2, 0) is 6.18 Å². The molecule has 0 spiro atoms. The van der Waals surface area contributed by atoms with Crippen molar-refractivity contribution in [1.82, 2.24) is 10.2 Å². The maximum absolute atomic E-state index is 12.7. The molecule has 1 aromatic rings. The van der Waals surface area contributed by atoms with Crippen LogP contribution in [0.4, 0.5) is 13.2 Å². The number of nitrogens with one attached hydrogen (secondary N) is 1. The highest BCUT2D eigenvalue weighted by atomic mass is 19.4. The van der Waals surface area contributed by atoms with Gasteiger partial charge in [-0.05, 0) is 45.1 Å². The van der Waals surface area contributed by atoms with E-state index >= 15 is 0 Å². The zero-order chi connectivity index (χ0) is 16.3. The molecule has 1 aromatic carbocycles. The molecule has 22 heavy (non-hydrogen) atoms. The Morgan fingerprint density at radius 3 is 2.55 bits per heavy atom. The molecule has 0 heterocycles. The van der Waals surface area contributed by atoms with E-state index in [-0.39, 0.29) is 17.6 Å². The molecule has 1 N–H and O–H groups in total. The van der Waals surface area contributed by atoms with Crippen molar-refractivity contribution in [2.75, 3.05) is 14.1 Å². The Labute approximate surface area is 128 Å². The molecule has 3 nitrogen and oxygen atoms in total. The molecule has 0 unspecified atom stereocenters. The van der Waals surface area contributed by atoms with Crippen molar-refractivity contribution in [3.63, 3.8) is 0 Å². The first-order chi connectivity index (χ1) is 10.3. The number of nitrogens with zero attached hydrogens (tertiary/aromatic N) is 1. The summed E-state index contributed by atoms with van der Waals surface area (Å²) in [6.07, 6.45) is -0.460. The summed E-state index contributed by atoms with van der Waals surface area (Å²) in [6.45, 7) is 0. The normalized spacial score (nSPS) is 22.6. The fourth-order valence-electron chi connectivity index (χ4n) is 2.99. The van der Waals surface area contributed by atoms with Crippen LogP contribution < -0.4 is 5.32 Å².